The number of piperazine rings is 1. The summed E-state index contributed by atoms with van der Waals surface area (Å²) in [6, 6.07) is 10.2. The molecule has 0 spiro atoms. The summed E-state index contributed by atoms with van der Waals surface area (Å²) in [5.74, 6) is 2.35. The first-order valence-electron chi connectivity index (χ1n) is 8.17. The summed E-state index contributed by atoms with van der Waals surface area (Å²) in [5.41, 5.74) is 0. The van der Waals surface area contributed by atoms with Gasteiger partial charge in [0.25, 0.3) is 0 Å². The normalized spacial score (nSPS) is 18.0. The van der Waals surface area contributed by atoms with Crippen molar-refractivity contribution in [1.29, 1.82) is 0 Å². The molecule has 1 aliphatic heterocycles. The van der Waals surface area contributed by atoms with Crippen molar-refractivity contribution in [3.63, 3.8) is 0 Å². The maximum atomic E-state index is 5.77. The molecular weight excluding hydrogens is 292 g/mol. The van der Waals surface area contributed by atoms with Crippen molar-refractivity contribution in [3.05, 3.63) is 42.0 Å². The summed E-state index contributed by atoms with van der Waals surface area (Å²) in [7, 11) is 0. The lowest BCUT2D eigenvalue weighted by molar-refractivity contribution is 0.0800. The molecule has 0 aliphatic carbocycles. The highest BCUT2D eigenvalue weighted by Crippen LogP contribution is 2.19. The minimum Gasteiger partial charge on any atom is -0.492 e. The number of aromatic nitrogens is 2. The molecule has 0 bridgehead atoms. The molecule has 0 saturated carbocycles. The maximum Gasteiger partial charge on any atom is 0.243 e. The SMILES string of the molecule is Cc1noc(C(C)N2CCN(CCOc3ccccc3)CC2)n1. The zero-order chi connectivity index (χ0) is 16.1. The number of benzene rings is 1. The molecule has 0 amide bonds. The molecule has 1 atom stereocenters. The monoisotopic (exact) mass is 316 g/mol. The minimum atomic E-state index is 0.180. The summed E-state index contributed by atoms with van der Waals surface area (Å²) >= 11 is 0. The van der Waals surface area contributed by atoms with E-state index in [0.717, 1.165) is 45.1 Å². The van der Waals surface area contributed by atoms with Crippen LogP contribution in [0.4, 0.5) is 0 Å². The van der Waals surface area contributed by atoms with E-state index in [-0.39, 0.29) is 6.04 Å². The number of ether oxygens (including phenoxy) is 1. The van der Waals surface area contributed by atoms with Gasteiger partial charge in [-0.2, -0.15) is 4.98 Å². The summed E-state index contributed by atoms with van der Waals surface area (Å²) in [6.07, 6.45) is 0. The van der Waals surface area contributed by atoms with Gasteiger partial charge in [-0.3, -0.25) is 9.80 Å². The summed E-state index contributed by atoms with van der Waals surface area (Å²) in [6.45, 7) is 9.75. The van der Waals surface area contributed by atoms with E-state index in [1.54, 1.807) is 0 Å². The van der Waals surface area contributed by atoms with Crippen LogP contribution in [0.15, 0.2) is 34.9 Å². The Morgan fingerprint density at radius 2 is 1.91 bits per heavy atom. The Hall–Kier alpha value is -1.92. The molecular formula is C17H24N4O2. The van der Waals surface area contributed by atoms with Gasteiger partial charge in [0.05, 0.1) is 6.04 Å². The molecule has 1 aromatic heterocycles. The Kier molecular flexibility index (Phi) is 5.25. The highest BCUT2D eigenvalue weighted by atomic mass is 16.5. The van der Waals surface area contributed by atoms with Gasteiger partial charge in [-0.25, -0.2) is 0 Å². The van der Waals surface area contributed by atoms with Gasteiger partial charge in [-0.05, 0) is 26.0 Å². The van der Waals surface area contributed by atoms with Gasteiger partial charge in [0.2, 0.25) is 5.89 Å². The smallest absolute Gasteiger partial charge is 0.243 e. The fraction of sp³-hybridized carbons (Fsp3) is 0.529. The zero-order valence-electron chi connectivity index (χ0n) is 13.8. The van der Waals surface area contributed by atoms with Crippen LogP contribution in [-0.4, -0.2) is 59.3 Å². The van der Waals surface area contributed by atoms with Gasteiger partial charge >= 0.3 is 0 Å². The number of aryl methyl sites for hydroxylation is 1. The van der Waals surface area contributed by atoms with Gasteiger partial charge in [0.1, 0.15) is 12.4 Å². The predicted molar refractivity (Wildman–Crippen MR) is 87.4 cm³/mol. The molecule has 0 radical (unpaired) electrons. The summed E-state index contributed by atoms with van der Waals surface area (Å²) in [4.78, 5) is 9.16. The van der Waals surface area contributed by atoms with E-state index in [9.17, 15) is 0 Å². The molecule has 6 heteroatoms. The Bertz CT molecular complexity index is 594. The summed E-state index contributed by atoms with van der Waals surface area (Å²) < 4.78 is 11.1. The second-order valence-corrected chi connectivity index (χ2v) is 5.89. The van der Waals surface area contributed by atoms with Crippen LogP contribution in [-0.2, 0) is 0 Å². The second kappa shape index (κ2) is 7.57. The van der Waals surface area contributed by atoms with E-state index in [1.165, 1.54) is 0 Å². The lowest BCUT2D eigenvalue weighted by Crippen LogP contribution is -2.48. The molecule has 1 aromatic carbocycles. The number of para-hydroxylation sites is 1. The van der Waals surface area contributed by atoms with Gasteiger partial charge in [-0.1, -0.05) is 23.4 Å². The van der Waals surface area contributed by atoms with Crippen molar-refractivity contribution in [3.8, 4) is 5.75 Å². The standard InChI is InChI=1S/C17H24N4O2/c1-14(17-18-15(2)19-23-17)21-10-8-20(9-11-21)12-13-22-16-6-4-3-5-7-16/h3-7,14H,8-13H2,1-2H3. The van der Waals surface area contributed by atoms with Crippen LogP contribution in [0.2, 0.25) is 0 Å². The number of nitrogens with zero attached hydrogens (tertiary/aromatic N) is 4. The van der Waals surface area contributed by atoms with Gasteiger partial charge < -0.3 is 9.26 Å². The van der Waals surface area contributed by atoms with E-state index >= 15 is 0 Å². The summed E-state index contributed by atoms with van der Waals surface area (Å²) in [5, 5.41) is 3.88. The van der Waals surface area contributed by atoms with Crippen LogP contribution < -0.4 is 4.74 Å². The van der Waals surface area contributed by atoms with E-state index in [2.05, 4.69) is 26.9 Å². The molecule has 6 nitrogen and oxygen atoms in total. The topological polar surface area (TPSA) is 54.6 Å². The van der Waals surface area contributed by atoms with Crippen LogP contribution in [0.3, 0.4) is 0 Å². The van der Waals surface area contributed by atoms with Crippen molar-refractivity contribution in [2.24, 2.45) is 0 Å². The Morgan fingerprint density at radius 3 is 2.57 bits per heavy atom. The first-order valence-corrected chi connectivity index (χ1v) is 8.17. The number of rotatable bonds is 6. The third-order valence-electron chi connectivity index (χ3n) is 4.27. The molecule has 1 unspecified atom stereocenters. The van der Waals surface area contributed by atoms with Crippen LogP contribution in [0.5, 0.6) is 5.75 Å². The van der Waals surface area contributed by atoms with Crippen LogP contribution in [0, 0.1) is 6.92 Å². The largest absolute Gasteiger partial charge is 0.492 e. The van der Waals surface area contributed by atoms with Gasteiger partial charge in [-0.15, -0.1) is 0 Å². The van der Waals surface area contributed by atoms with E-state index in [0.29, 0.717) is 11.7 Å². The number of hydrogen-bond donors (Lipinski definition) is 0. The van der Waals surface area contributed by atoms with E-state index in [4.69, 9.17) is 9.26 Å². The van der Waals surface area contributed by atoms with Crippen molar-refractivity contribution >= 4 is 0 Å². The quantitative estimate of drug-likeness (QED) is 0.814. The molecule has 0 N–H and O–H groups in total. The minimum absolute atomic E-state index is 0.180. The lowest BCUT2D eigenvalue weighted by Gasteiger charge is -2.36. The molecule has 1 fully saturated rings. The van der Waals surface area contributed by atoms with Crippen molar-refractivity contribution in [2.75, 3.05) is 39.3 Å². The van der Waals surface area contributed by atoms with E-state index in [1.807, 2.05) is 37.3 Å². The third-order valence-corrected chi connectivity index (χ3v) is 4.27. The van der Waals surface area contributed by atoms with Crippen LogP contribution in [0.25, 0.3) is 0 Å². The first kappa shape index (κ1) is 16.0. The van der Waals surface area contributed by atoms with Gasteiger partial charge in [0.15, 0.2) is 5.82 Å². The first-order chi connectivity index (χ1) is 11.2. The number of hydrogen-bond acceptors (Lipinski definition) is 6. The fourth-order valence-electron chi connectivity index (χ4n) is 2.82. The highest BCUT2D eigenvalue weighted by Gasteiger charge is 2.25. The Morgan fingerprint density at radius 1 is 1.17 bits per heavy atom. The molecule has 1 saturated heterocycles. The van der Waals surface area contributed by atoms with E-state index < -0.39 is 0 Å². The Labute approximate surface area is 137 Å². The van der Waals surface area contributed by atoms with Gasteiger partial charge in [0, 0.05) is 32.7 Å². The van der Waals surface area contributed by atoms with Crippen LogP contribution in [0.1, 0.15) is 24.7 Å². The molecule has 2 aromatic rings. The highest BCUT2D eigenvalue weighted by molar-refractivity contribution is 5.20. The van der Waals surface area contributed by atoms with Crippen molar-refractivity contribution < 1.29 is 9.26 Å². The third kappa shape index (κ3) is 4.30. The second-order valence-electron chi connectivity index (χ2n) is 5.89. The molecule has 1 aliphatic rings. The van der Waals surface area contributed by atoms with Crippen molar-refractivity contribution in [1.82, 2.24) is 19.9 Å². The van der Waals surface area contributed by atoms with Crippen molar-refractivity contribution in [2.45, 2.75) is 19.9 Å². The molecule has 23 heavy (non-hydrogen) atoms. The Balaban J connectivity index is 1.40. The van der Waals surface area contributed by atoms with Crippen LogP contribution >= 0.6 is 0 Å². The molecule has 124 valence electrons. The maximum absolute atomic E-state index is 5.77. The lowest BCUT2D eigenvalue weighted by atomic mass is 10.2. The molecule has 3 rings (SSSR count). The molecule has 2 heterocycles. The average molecular weight is 316 g/mol. The fourth-order valence-corrected chi connectivity index (χ4v) is 2.82. The predicted octanol–water partition coefficient (Wildman–Crippen LogP) is 2.14. The average Bonchev–Trinajstić information content (AvgIpc) is 3.02. The zero-order valence-corrected chi connectivity index (χ0v) is 13.8.